The lowest BCUT2D eigenvalue weighted by molar-refractivity contribution is 0.0740. The Labute approximate surface area is 129 Å². The quantitative estimate of drug-likeness (QED) is 0.858. The molecule has 110 valence electrons. The lowest BCUT2D eigenvalue weighted by Crippen LogP contribution is -2.29. The van der Waals surface area contributed by atoms with E-state index in [0.29, 0.717) is 0 Å². The van der Waals surface area contributed by atoms with Crippen LogP contribution in [0, 0.1) is 6.92 Å². The zero-order chi connectivity index (χ0) is 14.8. The van der Waals surface area contributed by atoms with Crippen molar-refractivity contribution in [1.82, 2.24) is 9.88 Å². The summed E-state index contributed by atoms with van der Waals surface area (Å²) in [5.41, 5.74) is 2.49. The number of carbonyl (C=O) groups is 1. The van der Waals surface area contributed by atoms with Crippen LogP contribution in [0.3, 0.4) is 0 Å². The fourth-order valence-corrected chi connectivity index (χ4v) is 4.13. The lowest BCUT2D eigenvalue weighted by Gasteiger charge is -2.24. The Bertz CT molecular complexity index is 635. The number of pyridine rings is 1. The number of nitrogens with zero attached hydrogens (tertiary/aromatic N) is 2. The van der Waals surface area contributed by atoms with Gasteiger partial charge in [0.2, 0.25) is 0 Å². The van der Waals surface area contributed by atoms with E-state index in [9.17, 15) is 4.79 Å². The highest BCUT2D eigenvalue weighted by Gasteiger charge is 2.31. The van der Waals surface area contributed by atoms with Gasteiger partial charge in [0, 0.05) is 23.8 Å². The highest BCUT2D eigenvalue weighted by molar-refractivity contribution is 7.14. The third kappa shape index (κ3) is 2.72. The van der Waals surface area contributed by atoms with Gasteiger partial charge in [-0.2, -0.15) is 0 Å². The first kappa shape index (κ1) is 14.3. The molecular formula is C17H20N2OS. The maximum atomic E-state index is 12.8. The standard InChI is InChI=1S/C17H20N2OS/c1-3-13-11-16(21-12(13)2)17(20)19-10-4-5-15(19)14-6-8-18-9-7-14/h6-9,11,15H,3-5,10H2,1-2H3. The molecule has 1 aliphatic rings. The minimum Gasteiger partial charge on any atom is -0.331 e. The minimum absolute atomic E-state index is 0.183. The van der Waals surface area contributed by atoms with E-state index in [0.717, 1.165) is 30.7 Å². The smallest absolute Gasteiger partial charge is 0.264 e. The second-order valence-corrected chi connectivity index (χ2v) is 6.74. The molecule has 0 radical (unpaired) electrons. The Morgan fingerprint density at radius 2 is 2.19 bits per heavy atom. The van der Waals surface area contributed by atoms with Gasteiger partial charge in [-0.25, -0.2) is 0 Å². The van der Waals surface area contributed by atoms with Gasteiger partial charge in [0.25, 0.3) is 5.91 Å². The maximum Gasteiger partial charge on any atom is 0.264 e. The number of rotatable bonds is 3. The number of likely N-dealkylation sites (tertiary alicyclic amines) is 1. The summed E-state index contributed by atoms with van der Waals surface area (Å²) in [5, 5.41) is 0. The number of hydrogen-bond donors (Lipinski definition) is 0. The molecule has 1 saturated heterocycles. The summed E-state index contributed by atoms with van der Waals surface area (Å²) >= 11 is 1.63. The zero-order valence-electron chi connectivity index (χ0n) is 12.5. The van der Waals surface area contributed by atoms with Crippen molar-refractivity contribution in [3.8, 4) is 0 Å². The number of carbonyl (C=O) groups excluding carboxylic acids is 1. The maximum absolute atomic E-state index is 12.8. The molecule has 3 heterocycles. The molecule has 0 aliphatic carbocycles. The molecule has 1 atom stereocenters. The van der Waals surface area contributed by atoms with Crippen molar-refractivity contribution in [2.75, 3.05) is 6.54 Å². The second-order valence-electron chi connectivity index (χ2n) is 5.48. The summed E-state index contributed by atoms with van der Waals surface area (Å²) in [6.45, 7) is 5.09. The van der Waals surface area contributed by atoms with Crippen LogP contribution in [-0.2, 0) is 6.42 Å². The number of amides is 1. The van der Waals surface area contributed by atoms with Gasteiger partial charge in [0.1, 0.15) is 0 Å². The van der Waals surface area contributed by atoms with Gasteiger partial charge in [-0.3, -0.25) is 9.78 Å². The summed E-state index contributed by atoms with van der Waals surface area (Å²) in [5.74, 6) is 0.183. The van der Waals surface area contributed by atoms with Crippen molar-refractivity contribution >= 4 is 17.2 Å². The van der Waals surface area contributed by atoms with Crippen molar-refractivity contribution < 1.29 is 4.79 Å². The van der Waals surface area contributed by atoms with Crippen LogP contribution in [0.5, 0.6) is 0 Å². The van der Waals surface area contributed by atoms with Crippen LogP contribution < -0.4 is 0 Å². The molecule has 0 bridgehead atoms. The van der Waals surface area contributed by atoms with Crippen LogP contribution in [0.2, 0.25) is 0 Å². The van der Waals surface area contributed by atoms with Crippen LogP contribution in [-0.4, -0.2) is 22.3 Å². The summed E-state index contributed by atoms with van der Waals surface area (Å²) in [7, 11) is 0. The van der Waals surface area contributed by atoms with Crippen LogP contribution in [0.25, 0.3) is 0 Å². The Morgan fingerprint density at radius 1 is 1.43 bits per heavy atom. The number of hydrogen-bond acceptors (Lipinski definition) is 3. The van der Waals surface area contributed by atoms with Gasteiger partial charge in [0.05, 0.1) is 10.9 Å². The molecule has 3 nitrogen and oxygen atoms in total. The summed E-state index contributed by atoms with van der Waals surface area (Å²) in [4.78, 5) is 21.1. The molecule has 2 aromatic heterocycles. The molecule has 0 spiro atoms. The summed E-state index contributed by atoms with van der Waals surface area (Å²) in [6, 6.07) is 6.32. The number of thiophene rings is 1. The van der Waals surface area contributed by atoms with Crippen molar-refractivity contribution in [3.63, 3.8) is 0 Å². The molecule has 4 heteroatoms. The van der Waals surface area contributed by atoms with Gasteiger partial charge >= 0.3 is 0 Å². The molecule has 1 aliphatic heterocycles. The van der Waals surface area contributed by atoms with Crippen LogP contribution in [0.1, 0.15) is 51.5 Å². The third-order valence-electron chi connectivity index (χ3n) is 4.22. The second kappa shape index (κ2) is 5.98. The summed E-state index contributed by atoms with van der Waals surface area (Å²) < 4.78 is 0. The molecule has 1 amide bonds. The highest BCUT2D eigenvalue weighted by atomic mass is 32.1. The molecule has 2 aromatic rings. The van der Waals surface area contributed by atoms with E-state index in [4.69, 9.17) is 0 Å². The molecule has 1 unspecified atom stereocenters. The molecule has 3 rings (SSSR count). The molecule has 21 heavy (non-hydrogen) atoms. The molecular weight excluding hydrogens is 280 g/mol. The number of aromatic nitrogens is 1. The van der Waals surface area contributed by atoms with Gasteiger partial charge < -0.3 is 4.90 Å². The van der Waals surface area contributed by atoms with Gasteiger partial charge in [-0.1, -0.05) is 6.92 Å². The van der Waals surface area contributed by atoms with Gasteiger partial charge in [-0.05, 0) is 55.5 Å². The molecule has 0 aromatic carbocycles. The van der Waals surface area contributed by atoms with E-state index >= 15 is 0 Å². The third-order valence-corrected chi connectivity index (χ3v) is 5.30. The zero-order valence-corrected chi connectivity index (χ0v) is 13.3. The Morgan fingerprint density at radius 3 is 2.86 bits per heavy atom. The largest absolute Gasteiger partial charge is 0.331 e. The Hall–Kier alpha value is -1.68. The Balaban J connectivity index is 1.86. The van der Waals surface area contributed by atoms with E-state index in [-0.39, 0.29) is 11.9 Å². The van der Waals surface area contributed by atoms with Gasteiger partial charge in [0.15, 0.2) is 0 Å². The van der Waals surface area contributed by atoms with Crippen molar-refractivity contribution in [2.24, 2.45) is 0 Å². The first-order chi connectivity index (χ1) is 10.2. The van der Waals surface area contributed by atoms with Crippen LogP contribution in [0.15, 0.2) is 30.6 Å². The van der Waals surface area contributed by atoms with Crippen molar-refractivity contribution in [2.45, 2.75) is 39.2 Å². The van der Waals surface area contributed by atoms with Gasteiger partial charge in [-0.15, -0.1) is 11.3 Å². The topological polar surface area (TPSA) is 33.2 Å². The first-order valence-corrected chi connectivity index (χ1v) is 8.32. The molecule has 0 N–H and O–H groups in total. The van der Waals surface area contributed by atoms with E-state index in [1.54, 1.807) is 23.7 Å². The predicted octanol–water partition coefficient (Wildman–Crippen LogP) is 3.99. The Kier molecular flexibility index (Phi) is 4.06. The van der Waals surface area contributed by atoms with Crippen LogP contribution in [0.4, 0.5) is 0 Å². The average Bonchev–Trinajstić information content (AvgIpc) is 3.14. The van der Waals surface area contributed by atoms with E-state index < -0.39 is 0 Å². The van der Waals surface area contributed by atoms with Crippen LogP contribution >= 0.6 is 11.3 Å². The lowest BCUT2D eigenvalue weighted by atomic mass is 10.1. The minimum atomic E-state index is 0.183. The predicted molar refractivity (Wildman–Crippen MR) is 85.7 cm³/mol. The molecule has 1 fully saturated rings. The first-order valence-electron chi connectivity index (χ1n) is 7.51. The highest BCUT2D eigenvalue weighted by Crippen LogP contribution is 2.34. The summed E-state index contributed by atoms with van der Waals surface area (Å²) in [6.07, 6.45) is 6.72. The van der Waals surface area contributed by atoms with E-state index in [1.807, 2.05) is 17.0 Å². The monoisotopic (exact) mass is 300 g/mol. The van der Waals surface area contributed by atoms with E-state index in [1.165, 1.54) is 16.0 Å². The van der Waals surface area contributed by atoms with E-state index in [2.05, 4.69) is 24.9 Å². The van der Waals surface area contributed by atoms with Crippen molar-refractivity contribution in [1.29, 1.82) is 0 Å². The normalized spacial score (nSPS) is 18.2. The number of aryl methyl sites for hydroxylation is 2. The fraction of sp³-hybridized carbons (Fsp3) is 0.412. The molecule has 0 saturated carbocycles. The van der Waals surface area contributed by atoms with Crippen molar-refractivity contribution in [3.05, 3.63) is 51.5 Å². The fourth-order valence-electron chi connectivity index (χ4n) is 3.06. The average molecular weight is 300 g/mol. The SMILES string of the molecule is CCc1cc(C(=O)N2CCCC2c2ccncc2)sc1C.